The first-order valence-corrected chi connectivity index (χ1v) is 8.29. The third kappa shape index (κ3) is 4.22. The maximum Gasteiger partial charge on any atom is 0.232 e. The van der Waals surface area contributed by atoms with E-state index in [1.807, 2.05) is 4.90 Å². The number of carbonyl (C=O) groups is 2. The van der Waals surface area contributed by atoms with Gasteiger partial charge < -0.3 is 10.2 Å². The summed E-state index contributed by atoms with van der Waals surface area (Å²) in [6.07, 6.45) is 10.2. The van der Waals surface area contributed by atoms with Crippen LogP contribution in [0.25, 0.3) is 0 Å². The van der Waals surface area contributed by atoms with Crippen molar-refractivity contribution in [1.29, 1.82) is 0 Å². The van der Waals surface area contributed by atoms with Gasteiger partial charge in [0.2, 0.25) is 11.8 Å². The molecular weight excluding hydrogens is 252 g/mol. The molecule has 0 bridgehead atoms. The van der Waals surface area contributed by atoms with Crippen LogP contribution in [0, 0.1) is 0 Å². The Kier molecular flexibility index (Phi) is 5.86. The second-order valence-electron chi connectivity index (χ2n) is 6.22. The predicted octanol–water partition coefficient (Wildman–Crippen LogP) is 2.62. The van der Waals surface area contributed by atoms with Crippen molar-refractivity contribution in [3.05, 3.63) is 0 Å². The van der Waals surface area contributed by atoms with E-state index in [1.54, 1.807) is 0 Å². The molecule has 1 saturated heterocycles. The zero-order valence-electron chi connectivity index (χ0n) is 12.7. The number of hydrogen-bond donors (Lipinski definition) is 1. The van der Waals surface area contributed by atoms with Crippen LogP contribution < -0.4 is 5.32 Å². The average Bonchev–Trinajstić information content (AvgIpc) is 2.48. The molecule has 2 rings (SSSR count). The molecule has 0 aromatic heterocycles. The fraction of sp³-hybridized carbons (Fsp3) is 0.875. The number of amides is 2. The first kappa shape index (κ1) is 15.3. The van der Waals surface area contributed by atoms with Gasteiger partial charge in [-0.1, -0.05) is 26.2 Å². The van der Waals surface area contributed by atoms with Gasteiger partial charge >= 0.3 is 0 Å². The van der Waals surface area contributed by atoms with Crippen molar-refractivity contribution in [1.82, 2.24) is 10.2 Å². The minimum absolute atomic E-state index is 0.0184. The Hall–Kier alpha value is -1.06. The second-order valence-corrected chi connectivity index (χ2v) is 6.22. The zero-order chi connectivity index (χ0) is 14.4. The second kappa shape index (κ2) is 7.65. The van der Waals surface area contributed by atoms with E-state index >= 15 is 0 Å². The summed E-state index contributed by atoms with van der Waals surface area (Å²) in [6.45, 7) is 2.95. The molecule has 0 aromatic rings. The Morgan fingerprint density at radius 2 is 1.75 bits per heavy atom. The maximum atomic E-state index is 12.3. The van der Waals surface area contributed by atoms with Gasteiger partial charge in [-0.15, -0.1) is 0 Å². The Morgan fingerprint density at radius 1 is 1.05 bits per heavy atom. The van der Waals surface area contributed by atoms with Crippen LogP contribution in [0.15, 0.2) is 0 Å². The molecule has 1 saturated carbocycles. The molecule has 4 heteroatoms. The quantitative estimate of drug-likeness (QED) is 0.805. The van der Waals surface area contributed by atoms with Crippen molar-refractivity contribution in [2.75, 3.05) is 6.54 Å². The molecule has 114 valence electrons. The third-order valence-corrected chi connectivity index (χ3v) is 4.70. The zero-order valence-corrected chi connectivity index (χ0v) is 12.7. The number of carbonyl (C=O) groups excluding carboxylic acids is 2. The average molecular weight is 280 g/mol. The lowest BCUT2D eigenvalue weighted by atomic mass is 9.95. The Morgan fingerprint density at radius 3 is 2.45 bits per heavy atom. The topological polar surface area (TPSA) is 49.4 Å². The van der Waals surface area contributed by atoms with Gasteiger partial charge in [0.1, 0.15) is 6.42 Å². The van der Waals surface area contributed by atoms with E-state index in [9.17, 15) is 9.59 Å². The van der Waals surface area contributed by atoms with Crippen molar-refractivity contribution in [3.8, 4) is 0 Å². The summed E-state index contributed by atoms with van der Waals surface area (Å²) in [7, 11) is 0. The van der Waals surface area contributed by atoms with Crippen molar-refractivity contribution in [3.63, 3.8) is 0 Å². The molecule has 1 unspecified atom stereocenters. The molecule has 1 aliphatic heterocycles. The lowest BCUT2D eigenvalue weighted by molar-refractivity contribution is -0.139. The predicted molar refractivity (Wildman–Crippen MR) is 79.3 cm³/mol. The number of piperidine rings is 1. The van der Waals surface area contributed by atoms with Gasteiger partial charge in [-0.3, -0.25) is 9.59 Å². The summed E-state index contributed by atoms with van der Waals surface area (Å²) < 4.78 is 0. The van der Waals surface area contributed by atoms with E-state index in [0.717, 1.165) is 38.6 Å². The molecule has 4 nitrogen and oxygen atoms in total. The molecule has 0 spiro atoms. The van der Waals surface area contributed by atoms with Gasteiger partial charge in [-0.2, -0.15) is 0 Å². The summed E-state index contributed by atoms with van der Waals surface area (Å²) in [6, 6.07) is 0.645. The number of nitrogens with zero attached hydrogens (tertiary/aromatic N) is 1. The van der Waals surface area contributed by atoms with Gasteiger partial charge in [0.25, 0.3) is 0 Å². The van der Waals surface area contributed by atoms with Gasteiger partial charge in [0.05, 0.1) is 0 Å². The fourth-order valence-electron chi connectivity index (χ4n) is 3.52. The Labute approximate surface area is 122 Å². The Bertz CT molecular complexity index is 337. The van der Waals surface area contributed by atoms with Crippen LogP contribution in [0.4, 0.5) is 0 Å². The molecular formula is C16H28N2O2. The molecule has 2 fully saturated rings. The van der Waals surface area contributed by atoms with E-state index in [1.165, 1.54) is 25.7 Å². The number of rotatable bonds is 4. The SMILES string of the molecule is CCC1CCCCN1C(=O)CC(=O)NC1CCCCC1. The van der Waals surface area contributed by atoms with Crippen molar-refractivity contribution in [2.45, 2.75) is 83.2 Å². The van der Waals surface area contributed by atoms with Gasteiger partial charge in [-0.05, 0) is 38.5 Å². The highest BCUT2D eigenvalue weighted by Crippen LogP contribution is 2.21. The highest BCUT2D eigenvalue weighted by molar-refractivity contribution is 5.97. The highest BCUT2D eigenvalue weighted by Gasteiger charge is 2.27. The molecule has 20 heavy (non-hydrogen) atoms. The number of likely N-dealkylation sites (tertiary alicyclic amines) is 1. The Balaban J connectivity index is 1.78. The molecule has 1 atom stereocenters. The van der Waals surface area contributed by atoms with Gasteiger partial charge in [-0.25, -0.2) is 0 Å². The fourth-order valence-corrected chi connectivity index (χ4v) is 3.52. The molecule has 2 amide bonds. The van der Waals surface area contributed by atoms with Crippen molar-refractivity contribution in [2.24, 2.45) is 0 Å². The normalized spacial score (nSPS) is 24.4. The van der Waals surface area contributed by atoms with E-state index in [-0.39, 0.29) is 18.2 Å². The maximum absolute atomic E-state index is 12.3. The third-order valence-electron chi connectivity index (χ3n) is 4.70. The molecule has 1 aliphatic carbocycles. The van der Waals surface area contributed by atoms with Crippen LogP contribution in [0.2, 0.25) is 0 Å². The lowest BCUT2D eigenvalue weighted by Gasteiger charge is -2.35. The minimum Gasteiger partial charge on any atom is -0.353 e. The molecule has 2 aliphatic rings. The summed E-state index contributed by atoms with van der Waals surface area (Å²) in [5, 5.41) is 3.04. The van der Waals surface area contributed by atoms with E-state index < -0.39 is 0 Å². The van der Waals surface area contributed by atoms with Crippen molar-refractivity contribution < 1.29 is 9.59 Å². The summed E-state index contributed by atoms with van der Waals surface area (Å²) >= 11 is 0. The summed E-state index contributed by atoms with van der Waals surface area (Å²) in [5.74, 6) is -0.0628. The summed E-state index contributed by atoms with van der Waals surface area (Å²) in [4.78, 5) is 26.2. The monoisotopic (exact) mass is 280 g/mol. The molecule has 1 N–H and O–H groups in total. The van der Waals surface area contributed by atoms with Crippen molar-refractivity contribution >= 4 is 11.8 Å². The van der Waals surface area contributed by atoms with Crippen LogP contribution in [-0.2, 0) is 9.59 Å². The standard InChI is InChI=1S/C16H28N2O2/c1-2-14-10-6-7-11-18(14)16(20)12-15(19)17-13-8-4-3-5-9-13/h13-14H,2-12H2,1H3,(H,17,19). The largest absolute Gasteiger partial charge is 0.353 e. The number of nitrogens with one attached hydrogen (secondary N) is 1. The van der Waals surface area contributed by atoms with Crippen LogP contribution in [0.1, 0.15) is 71.1 Å². The molecule has 0 radical (unpaired) electrons. The van der Waals surface area contributed by atoms with Crippen LogP contribution in [0.5, 0.6) is 0 Å². The highest BCUT2D eigenvalue weighted by atomic mass is 16.2. The van der Waals surface area contributed by atoms with Crippen LogP contribution in [0.3, 0.4) is 0 Å². The molecule has 1 heterocycles. The number of hydrogen-bond acceptors (Lipinski definition) is 2. The molecule has 0 aromatic carbocycles. The van der Waals surface area contributed by atoms with E-state index in [2.05, 4.69) is 12.2 Å². The van der Waals surface area contributed by atoms with Crippen LogP contribution >= 0.6 is 0 Å². The van der Waals surface area contributed by atoms with E-state index in [0.29, 0.717) is 12.1 Å². The van der Waals surface area contributed by atoms with Gasteiger partial charge in [0, 0.05) is 18.6 Å². The summed E-state index contributed by atoms with van der Waals surface area (Å²) in [5.41, 5.74) is 0. The van der Waals surface area contributed by atoms with Crippen LogP contribution in [-0.4, -0.2) is 35.3 Å². The smallest absolute Gasteiger partial charge is 0.232 e. The first-order valence-electron chi connectivity index (χ1n) is 8.29. The van der Waals surface area contributed by atoms with Gasteiger partial charge in [0.15, 0.2) is 0 Å². The minimum atomic E-state index is -0.0812. The lowest BCUT2D eigenvalue weighted by Crippen LogP contribution is -2.46. The first-order chi connectivity index (χ1) is 9.70. The van der Waals surface area contributed by atoms with E-state index in [4.69, 9.17) is 0 Å².